The molecule has 7 nitrogen and oxygen atoms in total. The van der Waals surface area contributed by atoms with Gasteiger partial charge in [0, 0.05) is 0 Å². The second-order valence-electron chi connectivity index (χ2n) is 4.99. The van der Waals surface area contributed by atoms with Gasteiger partial charge in [0.15, 0.2) is 0 Å². The van der Waals surface area contributed by atoms with Gasteiger partial charge in [-0.1, -0.05) is 0 Å². The Labute approximate surface area is 142 Å². The molecule has 0 aliphatic heterocycles. The molecule has 0 amide bonds. The average molecular weight is 351 g/mol. The molecule has 0 atom stereocenters. The van der Waals surface area contributed by atoms with Crippen LogP contribution >= 0.6 is 0 Å². The molecule has 0 unspecified atom stereocenters. The highest BCUT2D eigenvalue weighted by Gasteiger charge is 2.18. The van der Waals surface area contributed by atoms with Crippen molar-refractivity contribution in [2.24, 2.45) is 0 Å². The molecule has 0 bridgehead atoms. The average Bonchev–Trinajstić information content (AvgIpc) is 2.52. The summed E-state index contributed by atoms with van der Waals surface area (Å²) in [6.07, 6.45) is 0. The lowest BCUT2D eigenvalue weighted by atomic mass is 10.3. The monoisotopic (exact) mass is 351 g/mol. The van der Waals surface area contributed by atoms with Gasteiger partial charge in [0.1, 0.15) is 5.75 Å². The Kier molecular flexibility index (Phi) is 5.61. The number of aryl methyl sites for hydroxylation is 2. The van der Waals surface area contributed by atoms with E-state index >= 15 is 0 Å². The van der Waals surface area contributed by atoms with Crippen molar-refractivity contribution < 1.29 is 17.9 Å². The fraction of sp³-hybridized carbons (Fsp3) is 0.375. The highest BCUT2D eigenvalue weighted by Crippen LogP contribution is 2.24. The van der Waals surface area contributed by atoms with Crippen molar-refractivity contribution in [1.82, 2.24) is 9.97 Å². The number of benzene rings is 1. The summed E-state index contributed by atoms with van der Waals surface area (Å²) in [5.74, 6) is 0.619. The van der Waals surface area contributed by atoms with E-state index in [-0.39, 0.29) is 10.9 Å². The van der Waals surface area contributed by atoms with Crippen molar-refractivity contribution in [1.29, 1.82) is 0 Å². The SMILES string of the molecule is CCOc1ccc(S(=O)(=O)Nc2c(C)nc(OCC)nc2C)cc1. The number of rotatable bonds is 7. The summed E-state index contributed by atoms with van der Waals surface area (Å²) >= 11 is 0. The number of hydrogen-bond acceptors (Lipinski definition) is 6. The first-order valence-corrected chi connectivity index (χ1v) is 9.09. The van der Waals surface area contributed by atoms with Crippen LogP contribution in [0, 0.1) is 13.8 Å². The molecule has 0 aliphatic carbocycles. The van der Waals surface area contributed by atoms with Crippen molar-refractivity contribution in [2.45, 2.75) is 32.6 Å². The van der Waals surface area contributed by atoms with Gasteiger partial charge >= 0.3 is 6.01 Å². The van der Waals surface area contributed by atoms with Crippen LogP contribution in [0.3, 0.4) is 0 Å². The third-order valence-electron chi connectivity index (χ3n) is 3.21. The summed E-state index contributed by atoms with van der Waals surface area (Å²) in [7, 11) is -3.74. The van der Waals surface area contributed by atoms with Gasteiger partial charge < -0.3 is 9.47 Å². The molecule has 1 N–H and O–H groups in total. The molecular formula is C16H21N3O4S. The molecule has 24 heavy (non-hydrogen) atoms. The van der Waals surface area contributed by atoms with Crippen LogP contribution in [-0.2, 0) is 10.0 Å². The Hall–Kier alpha value is -2.35. The maximum atomic E-state index is 12.5. The van der Waals surface area contributed by atoms with Gasteiger partial charge in [-0.05, 0) is 52.0 Å². The van der Waals surface area contributed by atoms with Crippen LogP contribution in [0.1, 0.15) is 25.2 Å². The summed E-state index contributed by atoms with van der Waals surface area (Å²) < 4.78 is 38.2. The molecule has 1 heterocycles. The number of nitrogens with zero attached hydrogens (tertiary/aromatic N) is 2. The fourth-order valence-corrected chi connectivity index (χ4v) is 3.28. The molecule has 2 aromatic rings. The topological polar surface area (TPSA) is 90.4 Å². The van der Waals surface area contributed by atoms with Crippen molar-refractivity contribution in [3.63, 3.8) is 0 Å². The molecule has 0 spiro atoms. The van der Waals surface area contributed by atoms with E-state index < -0.39 is 10.0 Å². The zero-order valence-electron chi connectivity index (χ0n) is 14.2. The van der Waals surface area contributed by atoms with Gasteiger partial charge in [-0.25, -0.2) is 8.42 Å². The van der Waals surface area contributed by atoms with Crippen LogP contribution in [0.5, 0.6) is 11.8 Å². The highest BCUT2D eigenvalue weighted by molar-refractivity contribution is 7.92. The summed E-state index contributed by atoms with van der Waals surface area (Å²) in [5.41, 5.74) is 1.35. The first-order valence-electron chi connectivity index (χ1n) is 7.61. The Morgan fingerprint density at radius 1 is 0.958 bits per heavy atom. The Bertz CT molecular complexity index is 782. The van der Waals surface area contributed by atoms with E-state index in [2.05, 4.69) is 14.7 Å². The third-order valence-corrected chi connectivity index (χ3v) is 4.57. The molecule has 130 valence electrons. The largest absolute Gasteiger partial charge is 0.494 e. The summed E-state index contributed by atoms with van der Waals surface area (Å²) in [6.45, 7) is 8.06. The molecule has 1 aromatic carbocycles. The quantitative estimate of drug-likeness (QED) is 0.825. The molecule has 0 saturated heterocycles. The van der Waals surface area contributed by atoms with E-state index in [4.69, 9.17) is 9.47 Å². The van der Waals surface area contributed by atoms with Gasteiger partial charge in [-0.3, -0.25) is 4.72 Å². The first-order chi connectivity index (χ1) is 11.4. The van der Waals surface area contributed by atoms with Gasteiger partial charge in [0.05, 0.1) is 35.2 Å². The lowest BCUT2D eigenvalue weighted by Gasteiger charge is -2.13. The third kappa shape index (κ3) is 4.14. The summed E-state index contributed by atoms with van der Waals surface area (Å²) in [5, 5.41) is 0. The number of hydrogen-bond donors (Lipinski definition) is 1. The van der Waals surface area contributed by atoms with Crippen molar-refractivity contribution >= 4 is 15.7 Å². The van der Waals surface area contributed by atoms with Crippen LogP contribution in [0.2, 0.25) is 0 Å². The van der Waals surface area contributed by atoms with Crippen molar-refractivity contribution in [2.75, 3.05) is 17.9 Å². The normalized spacial score (nSPS) is 11.2. The van der Waals surface area contributed by atoms with E-state index in [1.54, 1.807) is 26.0 Å². The maximum absolute atomic E-state index is 12.5. The van der Waals surface area contributed by atoms with Gasteiger partial charge in [0.25, 0.3) is 10.0 Å². The minimum absolute atomic E-state index is 0.138. The predicted molar refractivity (Wildman–Crippen MR) is 91.1 cm³/mol. The van der Waals surface area contributed by atoms with E-state index in [1.165, 1.54) is 12.1 Å². The smallest absolute Gasteiger partial charge is 0.316 e. The molecule has 8 heteroatoms. The van der Waals surface area contributed by atoms with Gasteiger partial charge in [0.2, 0.25) is 0 Å². The summed E-state index contributed by atoms with van der Waals surface area (Å²) in [6, 6.07) is 6.45. The molecule has 2 rings (SSSR count). The fourth-order valence-electron chi connectivity index (χ4n) is 2.10. The van der Waals surface area contributed by atoms with Crippen LogP contribution < -0.4 is 14.2 Å². The zero-order chi connectivity index (χ0) is 17.7. The minimum Gasteiger partial charge on any atom is -0.494 e. The second-order valence-corrected chi connectivity index (χ2v) is 6.68. The van der Waals surface area contributed by atoms with Crippen LogP contribution in [-0.4, -0.2) is 31.6 Å². The number of aromatic nitrogens is 2. The highest BCUT2D eigenvalue weighted by atomic mass is 32.2. The predicted octanol–water partition coefficient (Wildman–Crippen LogP) is 2.69. The number of anilines is 1. The van der Waals surface area contributed by atoms with Crippen molar-refractivity contribution in [3.05, 3.63) is 35.7 Å². The van der Waals surface area contributed by atoms with Gasteiger partial charge in [-0.15, -0.1) is 0 Å². The summed E-state index contributed by atoms with van der Waals surface area (Å²) in [4.78, 5) is 8.46. The van der Waals surface area contributed by atoms with Crippen molar-refractivity contribution in [3.8, 4) is 11.8 Å². The van der Waals surface area contributed by atoms with E-state index in [1.807, 2.05) is 13.8 Å². The van der Waals surface area contributed by atoms with E-state index in [0.29, 0.717) is 36.0 Å². The van der Waals surface area contributed by atoms with Crippen LogP contribution in [0.15, 0.2) is 29.2 Å². The molecule has 1 aromatic heterocycles. The van der Waals surface area contributed by atoms with Gasteiger partial charge in [-0.2, -0.15) is 9.97 Å². The maximum Gasteiger partial charge on any atom is 0.316 e. The number of nitrogens with one attached hydrogen (secondary N) is 1. The van der Waals surface area contributed by atoms with Crippen LogP contribution in [0.25, 0.3) is 0 Å². The number of ether oxygens (including phenoxy) is 2. The standard InChI is InChI=1S/C16H21N3O4S/c1-5-22-13-7-9-14(10-8-13)24(20,21)19-15-11(3)17-16(23-6-2)18-12(15)4/h7-10,19H,5-6H2,1-4H3. The molecular weight excluding hydrogens is 330 g/mol. The lowest BCUT2D eigenvalue weighted by Crippen LogP contribution is -2.16. The zero-order valence-corrected chi connectivity index (χ0v) is 15.0. The Morgan fingerprint density at radius 3 is 2.00 bits per heavy atom. The first kappa shape index (κ1) is 18.0. The minimum atomic E-state index is -3.74. The molecule has 0 saturated carbocycles. The second kappa shape index (κ2) is 7.48. The van der Waals surface area contributed by atoms with Crippen LogP contribution in [0.4, 0.5) is 5.69 Å². The Balaban J connectivity index is 2.29. The molecule has 0 fully saturated rings. The molecule has 0 aliphatic rings. The Morgan fingerprint density at radius 2 is 1.50 bits per heavy atom. The number of sulfonamides is 1. The lowest BCUT2D eigenvalue weighted by molar-refractivity contribution is 0.311. The van der Waals surface area contributed by atoms with E-state index in [9.17, 15) is 8.42 Å². The van der Waals surface area contributed by atoms with E-state index in [0.717, 1.165) is 0 Å². The molecule has 0 radical (unpaired) electrons.